The van der Waals surface area contributed by atoms with Crippen LogP contribution < -0.4 is 4.90 Å². The standard InChI is InChI=1S/C14H22BrN3S/c1-11(15)8-12-6-4-3-5-7-18(12)13-9-14(19-2)17-10-16-13/h9-12H,3-8H2,1-2H3. The molecule has 3 nitrogen and oxygen atoms in total. The molecule has 1 saturated heterocycles. The van der Waals surface area contributed by atoms with E-state index < -0.39 is 0 Å². The van der Waals surface area contributed by atoms with Crippen molar-refractivity contribution in [2.24, 2.45) is 0 Å². The Balaban J connectivity index is 2.20. The van der Waals surface area contributed by atoms with E-state index in [1.165, 1.54) is 32.1 Å². The van der Waals surface area contributed by atoms with Gasteiger partial charge in [-0.2, -0.15) is 0 Å². The Morgan fingerprint density at radius 3 is 3.00 bits per heavy atom. The van der Waals surface area contributed by atoms with E-state index in [0.29, 0.717) is 10.9 Å². The van der Waals surface area contributed by atoms with Gasteiger partial charge >= 0.3 is 0 Å². The molecule has 106 valence electrons. The first-order valence-corrected chi connectivity index (χ1v) is 9.11. The van der Waals surface area contributed by atoms with Crippen LogP contribution in [0.5, 0.6) is 0 Å². The first kappa shape index (κ1) is 15.1. The van der Waals surface area contributed by atoms with E-state index in [1.54, 1.807) is 18.1 Å². The van der Waals surface area contributed by atoms with Gasteiger partial charge in [-0.3, -0.25) is 0 Å². The van der Waals surface area contributed by atoms with Gasteiger partial charge in [-0.25, -0.2) is 9.97 Å². The van der Waals surface area contributed by atoms with Crippen molar-refractivity contribution < 1.29 is 0 Å². The maximum Gasteiger partial charge on any atom is 0.133 e. The molecule has 2 rings (SSSR count). The van der Waals surface area contributed by atoms with Crippen LogP contribution in [-0.4, -0.2) is 33.6 Å². The molecule has 1 aromatic rings. The van der Waals surface area contributed by atoms with Crippen LogP contribution in [0.15, 0.2) is 17.4 Å². The maximum absolute atomic E-state index is 4.50. The number of alkyl halides is 1. The quantitative estimate of drug-likeness (QED) is 0.467. The normalized spacial score (nSPS) is 22.1. The van der Waals surface area contributed by atoms with Crippen molar-refractivity contribution in [2.45, 2.75) is 54.9 Å². The first-order valence-electron chi connectivity index (χ1n) is 6.97. The fourth-order valence-corrected chi connectivity index (χ4v) is 3.50. The second kappa shape index (κ2) is 7.48. The van der Waals surface area contributed by atoms with Gasteiger partial charge in [-0.1, -0.05) is 35.7 Å². The monoisotopic (exact) mass is 343 g/mol. The van der Waals surface area contributed by atoms with Crippen LogP contribution >= 0.6 is 27.7 Å². The summed E-state index contributed by atoms with van der Waals surface area (Å²) in [6.07, 6.45) is 10.2. The van der Waals surface area contributed by atoms with E-state index >= 15 is 0 Å². The molecule has 0 aromatic carbocycles. The molecule has 0 aliphatic carbocycles. The number of aromatic nitrogens is 2. The van der Waals surface area contributed by atoms with Crippen LogP contribution in [0.1, 0.15) is 39.0 Å². The first-order chi connectivity index (χ1) is 9.20. The highest BCUT2D eigenvalue weighted by Crippen LogP contribution is 2.27. The summed E-state index contributed by atoms with van der Waals surface area (Å²) in [4.78, 5) is 11.8. The van der Waals surface area contributed by atoms with Crippen molar-refractivity contribution in [2.75, 3.05) is 17.7 Å². The predicted molar refractivity (Wildman–Crippen MR) is 86.4 cm³/mol. The van der Waals surface area contributed by atoms with Crippen LogP contribution in [0.3, 0.4) is 0 Å². The van der Waals surface area contributed by atoms with Gasteiger partial charge in [0.05, 0.1) is 0 Å². The van der Waals surface area contributed by atoms with Gasteiger partial charge in [0.1, 0.15) is 17.2 Å². The summed E-state index contributed by atoms with van der Waals surface area (Å²) in [5, 5.41) is 1.06. The van der Waals surface area contributed by atoms with E-state index in [-0.39, 0.29) is 0 Å². The average molecular weight is 344 g/mol. The second-order valence-electron chi connectivity index (χ2n) is 5.13. The van der Waals surface area contributed by atoms with Crippen molar-refractivity contribution in [3.8, 4) is 0 Å². The third-order valence-corrected chi connectivity index (χ3v) is 4.62. The molecule has 5 heteroatoms. The zero-order chi connectivity index (χ0) is 13.7. The second-order valence-corrected chi connectivity index (χ2v) is 7.52. The topological polar surface area (TPSA) is 29.0 Å². The molecule has 1 fully saturated rings. The van der Waals surface area contributed by atoms with Crippen molar-refractivity contribution >= 4 is 33.5 Å². The molecule has 2 unspecified atom stereocenters. The Hall–Kier alpha value is -0.290. The lowest BCUT2D eigenvalue weighted by Gasteiger charge is -2.32. The van der Waals surface area contributed by atoms with Crippen molar-refractivity contribution in [1.82, 2.24) is 9.97 Å². The van der Waals surface area contributed by atoms with Crippen molar-refractivity contribution in [1.29, 1.82) is 0 Å². The minimum absolute atomic E-state index is 0.556. The maximum atomic E-state index is 4.50. The number of rotatable bonds is 4. The van der Waals surface area contributed by atoms with Crippen LogP contribution in [0.4, 0.5) is 5.82 Å². The molecule has 0 spiro atoms. The van der Waals surface area contributed by atoms with E-state index in [2.05, 4.69) is 50.0 Å². The summed E-state index contributed by atoms with van der Waals surface area (Å²) in [6.45, 7) is 3.35. The molecule has 0 amide bonds. The summed E-state index contributed by atoms with van der Waals surface area (Å²) in [6, 6.07) is 2.73. The van der Waals surface area contributed by atoms with Crippen molar-refractivity contribution in [3.63, 3.8) is 0 Å². The lowest BCUT2D eigenvalue weighted by molar-refractivity contribution is 0.531. The fourth-order valence-electron chi connectivity index (χ4n) is 2.70. The molecular formula is C14H22BrN3S. The van der Waals surface area contributed by atoms with Gasteiger partial charge in [0.25, 0.3) is 0 Å². The molecular weight excluding hydrogens is 322 g/mol. The largest absolute Gasteiger partial charge is 0.353 e. The van der Waals surface area contributed by atoms with E-state index in [9.17, 15) is 0 Å². The third-order valence-electron chi connectivity index (χ3n) is 3.60. The average Bonchev–Trinajstić information content (AvgIpc) is 2.63. The Morgan fingerprint density at radius 2 is 2.26 bits per heavy atom. The molecule has 0 saturated carbocycles. The third kappa shape index (κ3) is 4.35. The molecule has 19 heavy (non-hydrogen) atoms. The molecule has 1 aliphatic rings. The van der Waals surface area contributed by atoms with Gasteiger partial charge in [0.15, 0.2) is 0 Å². The number of thioether (sulfide) groups is 1. The number of nitrogens with zero attached hydrogens (tertiary/aromatic N) is 3. The zero-order valence-corrected chi connectivity index (χ0v) is 14.1. The summed E-state index contributed by atoms with van der Waals surface area (Å²) >= 11 is 5.38. The minimum atomic E-state index is 0.556. The number of hydrogen-bond acceptors (Lipinski definition) is 4. The Bertz CT molecular complexity index is 400. The highest BCUT2D eigenvalue weighted by Gasteiger charge is 2.23. The number of anilines is 1. The summed E-state index contributed by atoms with van der Waals surface area (Å²) in [5.74, 6) is 1.10. The number of halogens is 1. The Morgan fingerprint density at radius 1 is 1.42 bits per heavy atom. The highest BCUT2D eigenvalue weighted by molar-refractivity contribution is 9.09. The fraction of sp³-hybridized carbons (Fsp3) is 0.714. The van der Waals surface area contributed by atoms with E-state index in [1.807, 2.05) is 0 Å². The van der Waals surface area contributed by atoms with Crippen LogP contribution in [0, 0.1) is 0 Å². The summed E-state index contributed by atoms with van der Waals surface area (Å²) in [7, 11) is 0. The summed E-state index contributed by atoms with van der Waals surface area (Å²) in [5.41, 5.74) is 0. The molecule has 2 atom stereocenters. The van der Waals surface area contributed by atoms with Gasteiger partial charge < -0.3 is 4.90 Å². The lowest BCUT2D eigenvalue weighted by Crippen LogP contribution is -2.37. The highest BCUT2D eigenvalue weighted by atomic mass is 79.9. The van der Waals surface area contributed by atoms with Crippen molar-refractivity contribution in [3.05, 3.63) is 12.4 Å². The van der Waals surface area contributed by atoms with Crippen LogP contribution in [0.25, 0.3) is 0 Å². The van der Waals surface area contributed by atoms with Crippen LogP contribution in [-0.2, 0) is 0 Å². The minimum Gasteiger partial charge on any atom is -0.353 e. The van der Waals surface area contributed by atoms with E-state index in [4.69, 9.17) is 0 Å². The SMILES string of the molecule is CSc1cc(N2CCCCCC2CC(C)Br)ncn1. The molecule has 1 aliphatic heterocycles. The Kier molecular flexibility index (Phi) is 5.95. The van der Waals surface area contributed by atoms with Gasteiger partial charge in [-0.15, -0.1) is 11.8 Å². The Labute approximate surface area is 128 Å². The van der Waals surface area contributed by atoms with Gasteiger partial charge in [0, 0.05) is 23.5 Å². The molecule has 0 bridgehead atoms. The molecule has 1 aromatic heterocycles. The number of hydrogen-bond donors (Lipinski definition) is 0. The molecule has 2 heterocycles. The van der Waals surface area contributed by atoms with Gasteiger partial charge in [0.2, 0.25) is 0 Å². The van der Waals surface area contributed by atoms with Gasteiger partial charge in [-0.05, 0) is 25.5 Å². The summed E-state index contributed by atoms with van der Waals surface area (Å²) < 4.78 is 0. The smallest absolute Gasteiger partial charge is 0.133 e. The lowest BCUT2D eigenvalue weighted by atomic mass is 10.1. The molecule has 0 N–H and O–H groups in total. The van der Waals surface area contributed by atoms with Crippen LogP contribution in [0.2, 0.25) is 0 Å². The van der Waals surface area contributed by atoms with E-state index in [0.717, 1.165) is 17.4 Å². The molecule has 0 radical (unpaired) electrons. The predicted octanol–water partition coefficient (Wildman–Crippen LogP) is 4.12. The zero-order valence-electron chi connectivity index (χ0n) is 11.7.